The van der Waals surface area contributed by atoms with Crippen LogP contribution in [0.15, 0.2) is 35.9 Å². The number of aromatic nitrogens is 4. The normalized spacial score (nSPS) is 19.3. The number of carbonyl (C=O) groups excluding carboxylic acids is 1. The highest BCUT2D eigenvalue weighted by atomic mass is 16.6. The van der Waals surface area contributed by atoms with Gasteiger partial charge in [0.15, 0.2) is 0 Å². The molecule has 10 heteroatoms. The van der Waals surface area contributed by atoms with Crippen LogP contribution in [0.25, 0.3) is 11.4 Å². The Balaban J connectivity index is 1.35. The van der Waals surface area contributed by atoms with Crippen molar-refractivity contribution in [2.45, 2.75) is 58.0 Å². The first-order chi connectivity index (χ1) is 17.8. The molecule has 1 N–H and O–H groups in total. The third-order valence-corrected chi connectivity index (χ3v) is 6.91. The number of carboxylic acid groups (broad SMARTS) is 1. The lowest BCUT2D eigenvalue weighted by Crippen LogP contribution is -2.30. The Morgan fingerprint density at radius 3 is 2.84 bits per heavy atom. The van der Waals surface area contributed by atoms with Gasteiger partial charge in [0.05, 0.1) is 35.7 Å². The zero-order valence-electron chi connectivity index (χ0n) is 21.7. The predicted molar refractivity (Wildman–Crippen MR) is 137 cm³/mol. The number of aryl methyl sites for hydroxylation is 2. The molecule has 0 unspecified atom stereocenters. The minimum Gasteiger partial charge on any atom is -0.489 e. The van der Waals surface area contributed by atoms with Gasteiger partial charge >= 0.3 is 12.1 Å². The molecule has 4 rings (SSSR count). The number of hydrogen-bond acceptors (Lipinski definition) is 7. The average molecular weight is 510 g/mol. The van der Waals surface area contributed by atoms with Gasteiger partial charge in [0, 0.05) is 27.1 Å². The van der Waals surface area contributed by atoms with Gasteiger partial charge in [0.25, 0.3) is 0 Å². The number of aliphatic carboxylic acids is 1. The lowest BCUT2D eigenvalue weighted by Gasteiger charge is -2.27. The van der Waals surface area contributed by atoms with Crippen LogP contribution in [-0.4, -0.2) is 68.4 Å². The van der Waals surface area contributed by atoms with Crippen molar-refractivity contribution in [3.63, 3.8) is 0 Å². The summed E-state index contributed by atoms with van der Waals surface area (Å²) in [5.41, 5.74) is 4.00. The van der Waals surface area contributed by atoms with Crippen LogP contribution < -0.4 is 4.74 Å². The van der Waals surface area contributed by atoms with Gasteiger partial charge in [0.1, 0.15) is 11.4 Å². The van der Waals surface area contributed by atoms with Crippen molar-refractivity contribution in [3.05, 3.63) is 47.3 Å². The molecule has 1 amide bonds. The predicted octanol–water partition coefficient (Wildman–Crippen LogP) is 4.10. The van der Waals surface area contributed by atoms with Gasteiger partial charge in [0.2, 0.25) is 0 Å². The summed E-state index contributed by atoms with van der Waals surface area (Å²) in [6.07, 6.45) is 11.0. The molecule has 10 nitrogen and oxygen atoms in total. The van der Waals surface area contributed by atoms with Crippen LogP contribution in [0.1, 0.15) is 49.9 Å². The Hall–Kier alpha value is -3.69. The van der Waals surface area contributed by atoms with Crippen molar-refractivity contribution >= 4 is 12.1 Å². The monoisotopic (exact) mass is 509 g/mol. The second-order valence-electron chi connectivity index (χ2n) is 9.74. The summed E-state index contributed by atoms with van der Waals surface area (Å²) < 4.78 is 13.3. The average Bonchev–Trinajstić information content (AvgIpc) is 3.26. The summed E-state index contributed by atoms with van der Waals surface area (Å²) in [7, 11) is 3.54. The van der Waals surface area contributed by atoms with Gasteiger partial charge in [-0.2, -0.15) is 0 Å². The first-order valence-electron chi connectivity index (χ1n) is 12.8. The Morgan fingerprint density at radius 1 is 1.27 bits per heavy atom. The highest BCUT2D eigenvalue weighted by Crippen LogP contribution is 2.30. The zero-order valence-corrected chi connectivity index (χ0v) is 21.7. The quantitative estimate of drug-likeness (QED) is 0.537. The van der Waals surface area contributed by atoms with E-state index < -0.39 is 5.97 Å². The van der Waals surface area contributed by atoms with Crippen LogP contribution in [0.5, 0.6) is 5.75 Å². The maximum absolute atomic E-state index is 12.4. The van der Waals surface area contributed by atoms with Gasteiger partial charge in [-0.3, -0.25) is 9.48 Å². The number of allylic oxidation sites excluding steroid dienone is 3. The maximum atomic E-state index is 12.4. The van der Waals surface area contributed by atoms with Crippen molar-refractivity contribution in [1.29, 1.82) is 0 Å². The molecule has 0 saturated heterocycles. The molecule has 0 aromatic carbocycles. The molecule has 2 aromatic heterocycles. The van der Waals surface area contributed by atoms with E-state index in [9.17, 15) is 14.7 Å². The Bertz CT molecular complexity index is 1190. The van der Waals surface area contributed by atoms with Crippen molar-refractivity contribution in [2.75, 3.05) is 20.2 Å². The Morgan fingerprint density at radius 2 is 2.11 bits per heavy atom. The number of hydrogen-bond donors (Lipinski definition) is 1. The van der Waals surface area contributed by atoms with Gasteiger partial charge in [-0.15, -0.1) is 5.10 Å². The molecule has 0 bridgehead atoms. The SMILES string of the molecule is Cc1nc(-c2nnn(C)c2CCOC(=O)N(C)CC2=CC=CCC2)ccc1O[C@H]1CCC[C@H](C(=O)O)C1. The van der Waals surface area contributed by atoms with Crippen molar-refractivity contribution in [2.24, 2.45) is 13.0 Å². The van der Waals surface area contributed by atoms with E-state index in [1.807, 2.05) is 31.2 Å². The largest absolute Gasteiger partial charge is 0.489 e. The minimum atomic E-state index is -0.759. The van der Waals surface area contributed by atoms with Gasteiger partial charge < -0.3 is 19.5 Å². The van der Waals surface area contributed by atoms with Crippen LogP contribution in [0.2, 0.25) is 0 Å². The number of nitrogens with zero attached hydrogens (tertiary/aromatic N) is 5. The van der Waals surface area contributed by atoms with Gasteiger partial charge in [-0.25, -0.2) is 9.78 Å². The van der Waals surface area contributed by atoms with E-state index in [0.717, 1.165) is 31.4 Å². The summed E-state index contributed by atoms with van der Waals surface area (Å²) in [6, 6.07) is 3.68. The molecule has 0 radical (unpaired) electrons. The fraction of sp³-hybridized carbons (Fsp3) is 0.519. The second kappa shape index (κ2) is 12.0. The number of pyridine rings is 1. The zero-order chi connectivity index (χ0) is 26.4. The number of likely N-dealkylation sites (N-methyl/N-ethyl adjacent to an activating group) is 1. The van der Waals surface area contributed by atoms with E-state index in [-0.39, 0.29) is 24.7 Å². The summed E-state index contributed by atoms with van der Waals surface area (Å²) in [4.78, 5) is 30.1. The topological polar surface area (TPSA) is 120 Å². The van der Waals surface area contributed by atoms with E-state index in [1.54, 1.807) is 23.7 Å². The maximum Gasteiger partial charge on any atom is 0.409 e. The van der Waals surface area contributed by atoms with Gasteiger partial charge in [-0.05, 0) is 57.6 Å². The molecule has 2 aliphatic rings. The van der Waals surface area contributed by atoms with Crippen LogP contribution in [0.3, 0.4) is 0 Å². The second-order valence-corrected chi connectivity index (χ2v) is 9.74. The highest BCUT2D eigenvalue weighted by molar-refractivity contribution is 5.70. The van der Waals surface area contributed by atoms with Gasteiger partial charge in [-0.1, -0.05) is 29.0 Å². The van der Waals surface area contributed by atoms with E-state index in [2.05, 4.69) is 21.4 Å². The summed E-state index contributed by atoms with van der Waals surface area (Å²) >= 11 is 0. The molecule has 37 heavy (non-hydrogen) atoms. The molecule has 198 valence electrons. The molecule has 0 aliphatic heterocycles. The molecule has 2 heterocycles. The summed E-state index contributed by atoms with van der Waals surface area (Å²) in [5.74, 6) is -0.473. The van der Waals surface area contributed by atoms with Crippen molar-refractivity contribution in [3.8, 4) is 17.1 Å². The first kappa shape index (κ1) is 26.4. The van der Waals surface area contributed by atoms with Crippen LogP contribution in [0.4, 0.5) is 4.79 Å². The molecule has 2 atom stereocenters. The van der Waals surface area contributed by atoms with E-state index >= 15 is 0 Å². The third kappa shape index (κ3) is 6.75. The number of ether oxygens (including phenoxy) is 2. The lowest BCUT2D eigenvalue weighted by molar-refractivity contribution is -0.143. The molecule has 0 spiro atoms. The number of carboxylic acids is 1. The summed E-state index contributed by atoms with van der Waals surface area (Å²) in [6.45, 7) is 2.61. The lowest BCUT2D eigenvalue weighted by atomic mass is 9.87. The standard InChI is InChI=1S/C27H35N5O5/c1-18-24(37-21-11-7-10-20(16-21)26(33)34)13-12-22(28-18)25-23(32(3)30-29-25)14-15-36-27(35)31(2)17-19-8-5-4-6-9-19/h4-5,8,12-13,20-21H,6-7,9-11,14-17H2,1-3H3,(H,33,34)/t20-,21-/m0/s1. The molecule has 2 aliphatic carbocycles. The first-order valence-corrected chi connectivity index (χ1v) is 12.8. The Kier molecular flexibility index (Phi) is 8.58. The molecule has 1 saturated carbocycles. The number of rotatable bonds is 9. The number of carbonyl (C=O) groups is 2. The smallest absolute Gasteiger partial charge is 0.409 e. The van der Waals surface area contributed by atoms with Crippen LogP contribution in [-0.2, 0) is 23.0 Å². The molecular weight excluding hydrogens is 474 g/mol. The van der Waals surface area contributed by atoms with Crippen molar-refractivity contribution < 1.29 is 24.2 Å². The van der Waals surface area contributed by atoms with E-state index in [0.29, 0.717) is 48.6 Å². The van der Waals surface area contributed by atoms with Crippen LogP contribution >= 0.6 is 0 Å². The summed E-state index contributed by atoms with van der Waals surface area (Å²) in [5, 5.41) is 17.8. The minimum absolute atomic E-state index is 0.132. The number of amides is 1. The fourth-order valence-corrected chi connectivity index (χ4v) is 4.82. The third-order valence-electron chi connectivity index (χ3n) is 6.91. The van der Waals surface area contributed by atoms with Crippen LogP contribution in [0, 0.1) is 12.8 Å². The highest BCUT2D eigenvalue weighted by Gasteiger charge is 2.28. The van der Waals surface area contributed by atoms with E-state index in [4.69, 9.17) is 9.47 Å². The molecule has 2 aromatic rings. The molecular formula is C27H35N5O5. The van der Waals surface area contributed by atoms with E-state index in [1.165, 1.54) is 5.57 Å². The fourth-order valence-electron chi connectivity index (χ4n) is 4.82. The molecule has 1 fully saturated rings. The van der Waals surface area contributed by atoms with Crippen molar-refractivity contribution in [1.82, 2.24) is 24.9 Å². The Labute approximate surface area is 217 Å².